The number of hydrogen-bond donors (Lipinski definition) is 2. The maximum absolute atomic E-state index is 10.6. The minimum Gasteiger partial charge on any atom is -0.497 e. The van der Waals surface area contributed by atoms with Crippen molar-refractivity contribution in [3.8, 4) is 16.9 Å². The fraction of sp³-hybridized carbons (Fsp3) is 0.188. The Labute approximate surface area is 118 Å². The summed E-state index contributed by atoms with van der Waals surface area (Å²) in [6.07, 6.45) is 0. The SMILES string of the molecule is COc1ccc(-c2ccc(CNCC(N)=O)cc2)cc1. The minimum absolute atomic E-state index is 0.195. The summed E-state index contributed by atoms with van der Waals surface area (Å²) in [5.74, 6) is 0.501. The van der Waals surface area contributed by atoms with Crippen molar-refractivity contribution in [1.29, 1.82) is 0 Å². The molecule has 0 unspecified atom stereocenters. The lowest BCUT2D eigenvalue weighted by Gasteiger charge is -2.06. The van der Waals surface area contributed by atoms with E-state index < -0.39 is 0 Å². The molecule has 2 aromatic rings. The molecule has 0 heterocycles. The highest BCUT2D eigenvalue weighted by molar-refractivity contribution is 5.75. The lowest BCUT2D eigenvalue weighted by Crippen LogP contribution is -2.28. The van der Waals surface area contributed by atoms with Crippen molar-refractivity contribution in [2.75, 3.05) is 13.7 Å². The predicted octanol–water partition coefficient (Wildman–Crippen LogP) is 1.94. The van der Waals surface area contributed by atoms with Crippen LogP contribution in [0.2, 0.25) is 0 Å². The Kier molecular flexibility index (Phi) is 4.74. The molecule has 0 bridgehead atoms. The van der Waals surface area contributed by atoms with E-state index in [2.05, 4.69) is 17.4 Å². The van der Waals surface area contributed by atoms with Gasteiger partial charge < -0.3 is 15.8 Å². The van der Waals surface area contributed by atoms with E-state index in [0.717, 1.165) is 22.4 Å². The lowest BCUT2D eigenvalue weighted by atomic mass is 10.0. The molecule has 0 aliphatic rings. The van der Waals surface area contributed by atoms with E-state index in [0.29, 0.717) is 6.54 Å². The van der Waals surface area contributed by atoms with Crippen LogP contribution in [0, 0.1) is 0 Å². The topological polar surface area (TPSA) is 64.3 Å². The van der Waals surface area contributed by atoms with Crippen molar-refractivity contribution in [2.45, 2.75) is 6.54 Å². The molecule has 0 spiro atoms. The van der Waals surface area contributed by atoms with Crippen molar-refractivity contribution < 1.29 is 9.53 Å². The highest BCUT2D eigenvalue weighted by atomic mass is 16.5. The summed E-state index contributed by atoms with van der Waals surface area (Å²) in [5.41, 5.74) is 8.47. The van der Waals surface area contributed by atoms with Gasteiger partial charge in [0.2, 0.25) is 5.91 Å². The number of carbonyl (C=O) groups excluding carboxylic acids is 1. The van der Waals surface area contributed by atoms with Crippen LogP contribution >= 0.6 is 0 Å². The number of rotatable bonds is 6. The van der Waals surface area contributed by atoms with Crippen molar-refractivity contribution in [1.82, 2.24) is 5.32 Å². The molecule has 4 nitrogen and oxygen atoms in total. The Balaban J connectivity index is 2.01. The van der Waals surface area contributed by atoms with E-state index in [1.54, 1.807) is 7.11 Å². The lowest BCUT2D eigenvalue weighted by molar-refractivity contribution is -0.117. The zero-order valence-electron chi connectivity index (χ0n) is 11.4. The number of amides is 1. The van der Waals surface area contributed by atoms with Crippen molar-refractivity contribution in [3.63, 3.8) is 0 Å². The van der Waals surface area contributed by atoms with Gasteiger partial charge in [-0.05, 0) is 28.8 Å². The summed E-state index contributed by atoms with van der Waals surface area (Å²) in [4.78, 5) is 10.6. The molecule has 20 heavy (non-hydrogen) atoms. The summed E-state index contributed by atoms with van der Waals surface area (Å²) < 4.78 is 5.14. The molecule has 0 aliphatic carbocycles. The third-order valence-corrected chi connectivity index (χ3v) is 3.01. The molecule has 0 saturated carbocycles. The monoisotopic (exact) mass is 270 g/mol. The smallest absolute Gasteiger partial charge is 0.231 e. The molecule has 0 aromatic heterocycles. The Hall–Kier alpha value is -2.33. The second kappa shape index (κ2) is 6.73. The normalized spacial score (nSPS) is 10.2. The average molecular weight is 270 g/mol. The van der Waals surface area contributed by atoms with Gasteiger partial charge in [0.25, 0.3) is 0 Å². The van der Waals surface area contributed by atoms with Crippen LogP contribution < -0.4 is 15.8 Å². The number of carbonyl (C=O) groups is 1. The van der Waals surface area contributed by atoms with Crippen LogP contribution in [-0.4, -0.2) is 19.6 Å². The number of nitrogens with one attached hydrogen (secondary N) is 1. The zero-order chi connectivity index (χ0) is 14.4. The first-order valence-corrected chi connectivity index (χ1v) is 6.41. The molecule has 0 saturated heterocycles. The number of ether oxygens (including phenoxy) is 1. The van der Waals surface area contributed by atoms with Crippen LogP contribution in [0.25, 0.3) is 11.1 Å². The van der Waals surface area contributed by atoms with Crippen LogP contribution in [0.5, 0.6) is 5.75 Å². The first kappa shape index (κ1) is 14.1. The van der Waals surface area contributed by atoms with Crippen LogP contribution in [0.1, 0.15) is 5.56 Å². The number of methoxy groups -OCH3 is 1. The molecule has 1 amide bonds. The van der Waals surface area contributed by atoms with E-state index >= 15 is 0 Å². The van der Waals surface area contributed by atoms with E-state index in [-0.39, 0.29) is 12.5 Å². The maximum atomic E-state index is 10.6. The highest BCUT2D eigenvalue weighted by Gasteiger charge is 2.00. The van der Waals surface area contributed by atoms with Gasteiger partial charge in [0.15, 0.2) is 0 Å². The Morgan fingerprint density at radius 1 is 1.05 bits per heavy atom. The van der Waals surface area contributed by atoms with Gasteiger partial charge in [-0.3, -0.25) is 4.79 Å². The standard InChI is InChI=1S/C16H18N2O2/c1-20-15-8-6-14(7-9-15)13-4-2-12(3-5-13)10-18-11-16(17)19/h2-9,18H,10-11H2,1H3,(H2,17,19). The molecular weight excluding hydrogens is 252 g/mol. The van der Waals surface area contributed by atoms with Crippen LogP contribution in [0.15, 0.2) is 48.5 Å². The van der Waals surface area contributed by atoms with Gasteiger partial charge in [0, 0.05) is 6.54 Å². The van der Waals surface area contributed by atoms with Gasteiger partial charge in [-0.1, -0.05) is 36.4 Å². The fourth-order valence-corrected chi connectivity index (χ4v) is 1.93. The van der Waals surface area contributed by atoms with Crippen LogP contribution in [0.4, 0.5) is 0 Å². The molecule has 0 aliphatic heterocycles. The Morgan fingerprint density at radius 3 is 2.10 bits per heavy atom. The number of nitrogens with two attached hydrogens (primary N) is 1. The van der Waals surface area contributed by atoms with E-state index in [9.17, 15) is 4.79 Å². The molecule has 2 rings (SSSR count). The second-order valence-corrected chi connectivity index (χ2v) is 4.50. The molecule has 104 valence electrons. The van der Waals surface area contributed by atoms with Crippen molar-refractivity contribution in [3.05, 3.63) is 54.1 Å². The molecule has 3 N–H and O–H groups in total. The molecular formula is C16H18N2O2. The number of hydrogen-bond acceptors (Lipinski definition) is 3. The van der Waals surface area contributed by atoms with E-state index in [1.165, 1.54) is 0 Å². The minimum atomic E-state index is -0.347. The Morgan fingerprint density at radius 2 is 1.60 bits per heavy atom. The van der Waals surface area contributed by atoms with Gasteiger partial charge in [0.1, 0.15) is 5.75 Å². The Bertz CT molecular complexity index is 562. The summed E-state index contributed by atoms with van der Waals surface area (Å²) in [6, 6.07) is 16.1. The van der Waals surface area contributed by atoms with Gasteiger partial charge in [-0.25, -0.2) is 0 Å². The van der Waals surface area contributed by atoms with Gasteiger partial charge in [0.05, 0.1) is 13.7 Å². The maximum Gasteiger partial charge on any atom is 0.231 e. The summed E-state index contributed by atoms with van der Waals surface area (Å²) in [5, 5.41) is 2.98. The zero-order valence-corrected chi connectivity index (χ0v) is 11.4. The third-order valence-electron chi connectivity index (χ3n) is 3.01. The van der Waals surface area contributed by atoms with Crippen molar-refractivity contribution >= 4 is 5.91 Å². The fourth-order valence-electron chi connectivity index (χ4n) is 1.93. The molecule has 0 atom stereocenters. The van der Waals surface area contributed by atoms with Gasteiger partial charge >= 0.3 is 0 Å². The molecule has 0 radical (unpaired) electrons. The average Bonchev–Trinajstić information content (AvgIpc) is 2.48. The first-order chi connectivity index (χ1) is 9.69. The largest absolute Gasteiger partial charge is 0.497 e. The molecule has 0 fully saturated rings. The van der Waals surface area contributed by atoms with Crippen LogP contribution in [-0.2, 0) is 11.3 Å². The summed E-state index contributed by atoms with van der Waals surface area (Å²) >= 11 is 0. The molecule has 4 heteroatoms. The van der Waals surface area contributed by atoms with Crippen LogP contribution in [0.3, 0.4) is 0 Å². The quantitative estimate of drug-likeness (QED) is 0.843. The van der Waals surface area contributed by atoms with E-state index in [4.69, 9.17) is 10.5 Å². The highest BCUT2D eigenvalue weighted by Crippen LogP contribution is 2.22. The first-order valence-electron chi connectivity index (χ1n) is 6.41. The summed E-state index contributed by atoms with van der Waals surface area (Å²) in [7, 11) is 1.66. The second-order valence-electron chi connectivity index (χ2n) is 4.50. The third kappa shape index (κ3) is 3.83. The van der Waals surface area contributed by atoms with Crippen molar-refractivity contribution in [2.24, 2.45) is 5.73 Å². The molecule has 2 aromatic carbocycles. The predicted molar refractivity (Wildman–Crippen MR) is 79.3 cm³/mol. The number of primary amides is 1. The van der Waals surface area contributed by atoms with E-state index in [1.807, 2.05) is 36.4 Å². The summed E-state index contributed by atoms with van der Waals surface area (Å²) in [6.45, 7) is 0.825. The number of benzene rings is 2. The van der Waals surface area contributed by atoms with Gasteiger partial charge in [-0.2, -0.15) is 0 Å². The van der Waals surface area contributed by atoms with Gasteiger partial charge in [-0.15, -0.1) is 0 Å².